The number of hydrogen-bond donors (Lipinski definition) is 4. The Balaban J connectivity index is 1.28. The molecule has 8 nitrogen and oxygen atoms in total. The van der Waals surface area contributed by atoms with Crippen molar-refractivity contribution in [2.45, 2.75) is 0 Å². The maximum Gasteiger partial charge on any atom is 0.134 e. The lowest BCUT2D eigenvalue weighted by atomic mass is 10.0. The molecule has 4 N–H and O–H groups in total. The van der Waals surface area contributed by atoms with Crippen molar-refractivity contribution < 1.29 is 20.4 Å². The minimum Gasteiger partial charge on any atom is -0.506 e. The zero-order valence-corrected chi connectivity index (χ0v) is 29.5. The first-order chi connectivity index (χ1) is 25.0. The van der Waals surface area contributed by atoms with Gasteiger partial charge in [0.1, 0.15) is 23.0 Å². The fourth-order valence-corrected chi connectivity index (χ4v) is 6.61. The van der Waals surface area contributed by atoms with E-state index in [0.29, 0.717) is 67.1 Å². The third-order valence-corrected chi connectivity index (χ3v) is 9.76. The Hall–Kier alpha value is -5.64. The monoisotopic (exact) mass is 762 g/mol. The molecule has 254 valence electrons. The second kappa shape index (κ2) is 13.2. The molecule has 2 heterocycles. The summed E-state index contributed by atoms with van der Waals surface area (Å²) in [6.45, 7) is 0. The number of hydrogen-bond acceptors (Lipinski definition) is 8. The van der Waals surface area contributed by atoms with E-state index in [0.717, 1.165) is 11.1 Å². The molecule has 0 aliphatic carbocycles. The molecule has 8 aromatic rings. The van der Waals surface area contributed by atoms with Gasteiger partial charge in [-0.25, -0.2) is 19.9 Å². The number of nitrogens with zero attached hydrogens (tertiary/aromatic N) is 4. The van der Waals surface area contributed by atoms with E-state index in [-0.39, 0.29) is 43.1 Å². The number of aromatic hydroxyl groups is 4. The van der Waals surface area contributed by atoms with E-state index in [2.05, 4.69) is 0 Å². The first-order valence-electron chi connectivity index (χ1n) is 15.6. The largest absolute Gasteiger partial charge is 0.506 e. The van der Waals surface area contributed by atoms with Crippen LogP contribution in [0.15, 0.2) is 109 Å². The van der Waals surface area contributed by atoms with Gasteiger partial charge in [0.25, 0.3) is 0 Å². The number of aromatic nitrogens is 4. The number of phenolic OH excluding ortho intramolecular Hbond substituents is 4. The van der Waals surface area contributed by atoms with E-state index in [1.54, 1.807) is 48.5 Å². The summed E-state index contributed by atoms with van der Waals surface area (Å²) in [5.74, 6) is -0.243. The maximum absolute atomic E-state index is 10.1. The van der Waals surface area contributed by atoms with Crippen molar-refractivity contribution in [2.75, 3.05) is 0 Å². The third kappa shape index (κ3) is 6.16. The molecule has 0 saturated carbocycles. The molecule has 0 amide bonds. The molecule has 0 radical (unpaired) electrons. The number of fused-ring (bicyclic) bond motifs is 2. The van der Waals surface area contributed by atoms with Crippen LogP contribution in [0.3, 0.4) is 0 Å². The van der Waals surface area contributed by atoms with Gasteiger partial charge >= 0.3 is 0 Å². The number of rotatable bonds is 5. The van der Waals surface area contributed by atoms with Crippen LogP contribution in [0.1, 0.15) is 0 Å². The van der Waals surface area contributed by atoms with Gasteiger partial charge in [-0.1, -0.05) is 58.5 Å². The van der Waals surface area contributed by atoms with Gasteiger partial charge in [-0.05, 0) is 108 Å². The average Bonchev–Trinajstić information content (AvgIpc) is 3.14. The highest BCUT2D eigenvalue weighted by Crippen LogP contribution is 2.40. The minimum atomic E-state index is -0.0641. The zero-order valence-electron chi connectivity index (χ0n) is 26.5. The van der Waals surface area contributed by atoms with Crippen LogP contribution >= 0.6 is 46.4 Å². The first-order valence-corrected chi connectivity index (χ1v) is 17.1. The highest BCUT2D eigenvalue weighted by atomic mass is 35.5. The summed E-state index contributed by atoms with van der Waals surface area (Å²) in [5, 5.41) is 40.9. The van der Waals surface area contributed by atoms with Crippen LogP contribution in [-0.4, -0.2) is 40.4 Å². The Morgan fingerprint density at radius 3 is 0.808 bits per heavy atom. The molecule has 12 heteroatoms. The Kier molecular flexibility index (Phi) is 8.48. The van der Waals surface area contributed by atoms with Crippen LogP contribution < -0.4 is 0 Å². The lowest BCUT2D eigenvalue weighted by molar-refractivity contribution is 0.475. The molecule has 2 aromatic heterocycles. The van der Waals surface area contributed by atoms with Gasteiger partial charge < -0.3 is 20.4 Å². The van der Waals surface area contributed by atoms with Crippen LogP contribution in [0.5, 0.6) is 23.0 Å². The predicted molar refractivity (Wildman–Crippen MR) is 207 cm³/mol. The van der Waals surface area contributed by atoms with Crippen molar-refractivity contribution in [3.63, 3.8) is 0 Å². The molecule has 0 atom stereocenters. The molecule has 0 unspecified atom stereocenters. The minimum absolute atomic E-state index is 0.0573. The summed E-state index contributed by atoms with van der Waals surface area (Å²) in [6.07, 6.45) is 0. The van der Waals surface area contributed by atoms with Gasteiger partial charge in [0.15, 0.2) is 0 Å². The molecule has 0 spiro atoms. The van der Waals surface area contributed by atoms with Gasteiger partial charge in [-0.3, -0.25) is 0 Å². The van der Waals surface area contributed by atoms with Crippen molar-refractivity contribution in [2.24, 2.45) is 0 Å². The van der Waals surface area contributed by atoms with E-state index in [9.17, 15) is 20.4 Å². The molecule has 0 fully saturated rings. The normalized spacial score (nSPS) is 11.4. The molecular weight excluding hydrogens is 742 g/mol. The van der Waals surface area contributed by atoms with Crippen LogP contribution in [0.25, 0.3) is 78.2 Å². The van der Waals surface area contributed by atoms with E-state index in [4.69, 9.17) is 66.3 Å². The topological polar surface area (TPSA) is 132 Å². The molecule has 0 aliphatic heterocycles. The van der Waals surface area contributed by atoms with E-state index < -0.39 is 0 Å². The van der Waals surface area contributed by atoms with Gasteiger partial charge in [0.05, 0.1) is 64.9 Å². The van der Waals surface area contributed by atoms with Gasteiger partial charge in [0.2, 0.25) is 0 Å². The lowest BCUT2D eigenvalue weighted by Gasteiger charge is -2.14. The molecule has 0 aliphatic rings. The van der Waals surface area contributed by atoms with Crippen molar-refractivity contribution in [3.8, 4) is 79.2 Å². The Labute approximate surface area is 315 Å². The Bertz CT molecular complexity index is 2570. The quantitative estimate of drug-likeness (QED) is 0.136. The maximum atomic E-state index is 10.1. The lowest BCUT2D eigenvalue weighted by Crippen LogP contribution is -1.97. The summed E-state index contributed by atoms with van der Waals surface area (Å²) in [6, 6.07) is 30.7. The fraction of sp³-hybridized carbons (Fsp3) is 0. The van der Waals surface area contributed by atoms with Crippen molar-refractivity contribution in [1.29, 1.82) is 0 Å². The highest BCUT2D eigenvalue weighted by molar-refractivity contribution is 6.33. The van der Waals surface area contributed by atoms with Crippen LogP contribution in [0.2, 0.25) is 20.1 Å². The summed E-state index contributed by atoms with van der Waals surface area (Å²) in [5.41, 5.74) is 8.61. The average molecular weight is 764 g/mol. The van der Waals surface area contributed by atoms with Gasteiger partial charge in [-0.2, -0.15) is 0 Å². The Morgan fingerprint density at radius 2 is 0.538 bits per heavy atom. The summed E-state index contributed by atoms with van der Waals surface area (Å²) >= 11 is 25.2. The zero-order chi connectivity index (χ0) is 36.3. The molecule has 8 rings (SSSR count). The molecule has 52 heavy (non-hydrogen) atoms. The van der Waals surface area contributed by atoms with Gasteiger partial charge in [-0.15, -0.1) is 0 Å². The summed E-state index contributed by atoms with van der Waals surface area (Å²) in [4.78, 5) is 20.0. The Morgan fingerprint density at radius 1 is 0.288 bits per heavy atom. The molecule has 6 aromatic carbocycles. The smallest absolute Gasteiger partial charge is 0.134 e. The predicted octanol–water partition coefficient (Wildman–Crippen LogP) is 11.3. The van der Waals surface area contributed by atoms with Crippen LogP contribution in [0.4, 0.5) is 0 Å². The molecule has 0 bridgehead atoms. The highest BCUT2D eigenvalue weighted by Gasteiger charge is 2.19. The number of phenols is 4. The van der Waals surface area contributed by atoms with Crippen molar-refractivity contribution >= 4 is 68.5 Å². The van der Waals surface area contributed by atoms with E-state index in [1.807, 2.05) is 36.4 Å². The summed E-state index contributed by atoms with van der Waals surface area (Å²) < 4.78 is 0. The fourth-order valence-electron chi connectivity index (χ4n) is 5.89. The summed E-state index contributed by atoms with van der Waals surface area (Å²) in [7, 11) is 0. The third-order valence-electron chi connectivity index (χ3n) is 8.55. The SMILES string of the molecule is Oc1ccc(-c2nc3ccc(-c4ccc5nc(-c6ccc(O)c(Cl)c6)c(-c6ccc(O)c(Cl)c6)nc5c4)cc3nc2-c2ccc(O)c(Cl)c2)cc1Cl. The van der Waals surface area contributed by atoms with E-state index in [1.165, 1.54) is 24.3 Å². The van der Waals surface area contributed by atoms with Crippen LogP contribution in [0, 0.1) is 0 Å². The van der Waals surface area contributed by atoms with Crippen molar-refractivity contribution in [3.05, 3.63) is 129 Å². The van der Waals surface area contributed by atoms with Gasteiger partial charge in [0, 0.05) is 22.3 Å². The number of benzene rings is 6. The van der Waals surface area contributed by atoms with Crippen molar-refractivity contribution in [1.82, 2.24) is 19.9 Å². The second-order valence-corrected chi connectivity index (χ2v) is 13.5. The van der Waals surface area contributed by atoms with E-state index >= 15 is 0 Å². The number of halogens is 4. The molecule has 0 saturated heterocycles. The first kappa shape index (κ1) is 33.5. The molecular formula is C40H22Cl4N4O4. The standard InChI is InChI=1S/C40H22Cl4N4O4/c41-25-13-21(3-9-33(25)49)37-39(23-5-11-35(51)27(43)15-23)47-31-17-19(1-7-29(31)45-37)20-2-8-30-32(18-20)48-40(24-6-12-36(52)28(44)16-24)38(46-30)22-4-10-34(50)26(42)14-22/h1-18,49-52H. The van der Waals surface area contributed by atoms with Crippen LogP contribution in [-0.2, 0) is 0 Å². The second-order valence-electron chi connectivity index (χ2n) is 11.9.